The van der Waals surface area contributed by atoms with Crippen molar-refractivity contribution in [3.63, 3.8) is 0 Å². The Morgan fingerprint density at radius 2 is 1.36 bits per heavy atom. The Hall–Kier alpha value is -2.34. The summed E-state index contributed by atoms with van der Waals surface area (Å²) in [5, 5.41) is 12.3. The number of hydrogen-bond acceptors (Lipinski definition) is 5. The molecule has 0 radical (unpaired) electrons. The molecule has 1 heterocycles. The third kappa shape index (κ3) is 13.1. The van der Waals surface area contributed by atoms with E-state index in [0.717, 1.165) is 18.4 Å². The van der Waals surface area contributed by atoms with Crippen LogP contribution in [0.25, 0.3) is 0 Å². The van der Waals surface area contributed by atoms with Crippen molar-refractivity contribution in [2.45, 2.75) is 122 Å². The van der Waals surface area contributed by atoms with E-state index < -0.39 is 6.04 Å². The number of amides is 1. The lowest BCUT2D eigenvalue weighted by molar-refractivity contribution is 0.0948. The highest BCUT2D eigenvalue weighted by Crippen LogP contribution is 2.18. The van der Waals surface area contributed by atoms with Gasteiger partial charge in [0, 0.05) is 6.54 Å². The molecule has 0 bridgehead atoms. The van der Waals surface area contributed by atoms with Crippen LogP contribution in [0.3, 0.4) is 0 Å². The molecule has 0 fully saturated rings. The number of phenols is 1. The van der Waals surface area contributed by atoms with Crippen LogP contribution in [0.15, 0.2) is 34.9 Å². The first kappa shape index (κ1) is 29.9. The molecular weight excluding hydrogens is 450 g/mol. The Labute approximate surface area is 218 Å². The summed E-state index contributed by atoms with van der Waals surface area (Å²) in [5.41, 5.74) is 7.40. The fourth-order valence-corrected chi connectivity index (χ4v) is 4.50. The van der Waals surface area contributed by atoms with Crippen LogP contribution >= 0.6 is 0 Å². The number of carbonyl (C=O) groups is 1. The topological polar surface area (TPSA) is 101 Å². The number of nitrogens with one attached hydrogen (secondary N) is 1. The van der Waals surface area contributed by atoms with Gasteiger partial charge in [0.15, 0.2) is 5.69 Å². The molecule has 0 aliphatic heterocycles. The van der Waals surface area contributed by atoms with Crippen molar-refractivity contribution in [1.82, 2.24) is 10.3 Å². The normalized spacial score (nSPS) is 12.1. The quantitative estimate of drug-likeness (QED) is 0.153. The van der Waals surface area contributed by atoms with Gasteiger partial charge >= 0.3 is 0 Å². The number of benzene rings is 1. The Morgan fingerprint density at radius 1 is 0.861 bits per heavy atom. The molecule has 6 heteroatoms. The van der Waals surface area contributed by atoms with Gasteiger partial charge in [0.1, 0.15) is 12.0 Å². The first-order valence-electron chi connectivity index (χ1n) is 14.4. The zero-order valence-corrected chi connectivity index (χ0v) is 22.5. The molecule has 4 N–H and O–H groups in total. The molecule has 1 amide bonds. The maximum Gasteiger partial charge on any atom is 0.273 e. The van der Waals surface area contributed by atoms with Gasteiger partial charge in [0.05, 0.1) is 6.04 Å². The molecule has 1 aromatic heterocycles. The van der Waals surface area contributed by atoms with Crippen LogP contribution in [-0.2, 0) is 6.42 Å². The molecule has 0 spiro atoms. The SMILES string of the molecule is CCCCCCCCCCCCCCCCCCNC(=O)c1coc(C(N)Cc2ccc(O)cc2)n1. The smallest absolute Gasteiger partial charge is 0.273 e. The molecule has 2 aromatic rings. The Bertz CT molecular complexity index is 819. The molecular formula is C30H49N3O3. The number of carbonyl (C=O) groups excluding carboxylic acids is 1. The fourth-order valence-electron chi connectivity index (χ4n) is 4.50. The van der Waals surface area contributed by atoms with Crippen LogP contribution in [0, 0.1) is 0 Å². The molecule has 1 unspecified atom stereocenters. The molecule has 202 valence electrons. The number of oxazole rings is 1. The number of phenolic OH excluding ortho intramolecular Hbond substituents is 1. The summed E-state index contributed by atoms with van der Waals surface area (Å²) >= 11 is 0. The zero-order chi connectivity index (χ0) is 25.8. The monoisotopic (exact) mass is 499 g/mol. The number of hydrogen-bond donors (Lipinski definition) is 3. The van der Waals surface area contributed by atoms with Gasteiger partial charge < -0.3 is 20.6 Å². The van der Waals surface area contributed by atoms with E-state index in [-0.39, 0.29) is 17.4 Å². The molecule has 0 saturated carbocycles. The van der Waals surface area contributed by atoms with Crippen molar-refractivity contribution >= 4 is 5.91 Å². The predicted octanol–water partition coefficient (Wildman–Crippen LogP) is 7.61. The Balaban J connectivity index is 1.43. The Morgan fingerprint density at radius 3 is 1.89 bits per heavy atom. The first-order valence-corrected chi connectivity index (χ1v) is 14.4. The summed E-state index contributed by atoms with van der Waals surface area (Å²) < 4.78 is 5.43. The van der Waals surface area contributed by atoms with Crippen LogP contribution in [0.1, 0.15) is 138 Å². The van der Waals surface area contributed by atoms with Crippen LogP contribution in [0.5, 0.6) is 5.75 Å². The van der Waals surface area contributed by atoms with Crippen LogP contribution < -0.4 is 11.1 Å². The lowest BCUT2D eigenvalue weighted by Gasteiger charge is -2.07. The zero-order valence-electron chi connectivity index (χ0n) is 22.5. The molecule has 36 heavy (non-hydrogen) atoms. The second-order valence-electron chi connectivity index (χ2n) is 10.1. The van der Waals surface area contributed by atoms with E-state index in [2.05, 4.69) is 17.2 Å². The van der Waals surface area contributed by atoms with Gasteiger partial charge in [0.2, 0.25) is 5.89 Å². The van der Waals surface area contributed by atoms with Gasteiger partial charge in [0.25, 0.3) is 5.91 Å². The van der Waals surface area contributed by atoms with Gasteiger partial charge in [-0.1, -0.05) is 115 Å². The van der Waals surface area contributed by atoms with Crippen LogP contribution in [-0.4, -0.2) is 22.5 Å². The van der Waals surface area contributed by atoms with Crippen LogP contribution in [0.2, 0.25) is 0 Å². The van der Waals surface area contributed by atoms with E-state index >= 15 is 0 Å². The number of nitrogens with zero attached hydrogens (tertiary/aromatic N) is 1. The fraction of sp³-hybridized carbons (Fsp3) is 0.667. The molecule has 0 aliphatic carbocycles. The van der Waals surface area contributed by atoms with Gasteiger partial charge in [-0.25, -0.2) is 4.98 Å². The van der Waals surface area contributed by atoms with Crippen molar-refractivity contribution in [2.24, 2.45) is 5.73 Å². The number of unbranched alkanes of at least 4 members (excludes halogenated alkanes) is 15. The third-order valence-electron chi connectivity index (χ3n) is 6.78. The van der Waals surface area contributed by atoms with Gasteiger partial charge in [-0.15, -0.1) is 0 Å². The van der Waals surface area contributed by atoms with Gasteiger partial charge in [-0.2, -0.15) is 0 Å². The summed E-state index contributed by atoms with van der Waals surface area (Å²) in [4.78, 5) is 16.6. The van der Waals surface area contributed by atoms with Crippen molar-refractivity contribution in [3.05, 3.63) is 47.7 Å². The highest BCUT2D eigenvalue weighted by molar-refractivity contribution is 5.91. The van der Waals surface area contributed by atoms with Crippen molar-refractivity contribution in [2.75, 3.05) is 6.54 Å². The van der Waals surface area contributed by atoms with E-state index in [1.54, 1.807) is 12.1 Å². The molecule has 1 atom stereocenters. The highest BCUT2D eigenvalue weighted by atomic mass is 16.3. The predicted molar refractivity (Wildman–Crippen MR) is 147 cm³/mol. The maximum absolute atomic E-state index is 12.3. The second kappa shape index (κ2) is 18.9. The summed E-state index contributed by atoms with van der Waals surface area (Å²) in [6.45, 7) is 2.93. The number of aromatic nitrogens is 1. The van der Waals surface area contributed by atoms with Crippen molar-refractivity contribution < 1.29 is 14.3 Å². The van der Waals surface area contributed by atoms with E-state index in [1.165, 1.54) is 96.2 Å². The molecule has 2 rings (SSSR count). The van der Waals surface area contributed by atoms with E-state index in [4.69, 9.17) is 10.2 Å². The first-order chi connectivity index (χ1) is 17.6. The minimum absolute atomic E-state index is 0.215. The number of nitrogens with two attached hydrogens (primary N) is 1. The standard InChI is InChI=1S/C30H49N3O3/c1-2-3-4-5-6-7-8-9-10-11-12-13-14-15-16-17-22-32-29(35)28-24-36-30(33-28)27(31)23-25-18-20-26(34)21-19-25/h18-21,24,27,34H,2-17,22-23,31H2,1H3,(H,32,35). The van der Waals surface area contributed by atoms with Crippen molar-refractivity contribution in [1.29, 1.82) is 0 Å². The maximum atomic E-state index is 12.3. The third-order valence-corrected chi connectivity index (χ3v) is 6.78. The largest absolute Gasteiger partial charge is 0.508 e. The highest BCUT2D eigenvalue weighted by Gasteiger charge is 2.17. The summed E-state index contributed by atoms with van der Waals surface area (Å²) in [7, 11) is 0. The van der Waals surface area contributed by atoms with E-state index in [9.17, 15) is 9.90 Å². The molecule has 6 nitrogen and oxygen atoms in total. The number of rotatable bonds is 21. The van der Waals surface area contributed by atoms with Gasteiger partial charge in [-0.05, 0) is 30.5 Å². The molecule has 0 aliphatic rings. The molecule has 1 aromatic carbocycles. The van der Waals surface area contributed by atoms with E-state index in [1.807, 2.05) is 12.1 Å². The minimum atomic E-state index is -0.448. The Kier molecular flexibility index (Phi) is 15.7. The van der Waals surface area contributed by atoms with Gasteiger partial charge in [-0.3, -0.25) is 4.79 Å². The lowest BCUT2D eigenvalue weighted by atomic mass is 10.0. The average molecular weight is 500 g/mol. The summed E-state index contributed by atoms with van der Waals surface area (Å²) in [6, 6.07) is 6.41. The molecule has 0 saturated heterocycles. The minimum Gasteiger partial charge on any atom is -0.508 e. The summed E-state index contributed by atoms with van der Waals surface area (Å²) in [5.74, 6) is 0.338. The van der Waals surface area contributed by atoms with Crippen molar-refractivity contribution in [3.8, 4) is 5.75 Å². The summed E-state index contributed by atoms with van der Waals surface area (Å²) in [6.07, 6.45) is 23.2. The number of aromatic hydroxyl groups is 1. The second-order valence-corrected chi connectivity index (χ2v) is 10.1. The lowest BCUT2D eigenvalue weighted by Crippen LogP contribution is -2.25. The van der Waals surface area contributed by atoms with E-state index in [0.29, 0.717) is 18.9 Å². The average Bonchev–Trinajstić information content (AvgIpc) is 3.38. The van der Waals surface area contributed by atoms with Crippen LogP contribution in [0.4, 0.5) is 0 Å².